The monoisotopic (exact) mass is 281 g/mol. The fourth-order valence-corrected chi connectivity index (χ4v) is 3.26. The lowest BCUT2D eigenvalue weighted by atomic mass is 10.1. The third-order valence-electron chi connectivity index (χ3n) is 3.63. The van der Waals surface area contributed by atoms with E-state index in [0.717, 1.165) is 18.0 Å². The van der Waals surface area contributed by atoms with Crippen molar-refractivity contribution in [3.63, 3.8) is 0 Å². The van der Waals surface area contributed by atoms with E-state index >= 15 is 0 Å². The van der Waals surface area contributed by atoms with E-state index in [0.29, 0.717) is 6.04 Å². The van der Waals surface area contributed by atoms with Gasteiger partial charge in [-0.05, 0) is 19.8 Å². The molecule has 0 unspecified atom stereocenters. The molecule has 19 heavy (non-hydrogen) atoms. The fraction of sp³-hybridized carbons (Fsp3) is 0.714. The average Bonchev–Trinajstić information content (AvgIpc) is 2.65. The molecule has 5 heteroatoms. The molecule has 2 rings (SSSR count). The van der Waals surface area contributed by atoms with E-state index < -0.39 is 0 Å². The van der Waals surface area contributed by atoms with Crippen molar-refractivity contribution < 1.29 is 4.79 Å². The minimum absolute atomic E-state index is 0.0932. The second-order valence-corrected chi connectivity index (χ2v) is 6.59. The number of nitrogens with zero attached hydrogens (tertiary/aromatic N) is 2. The van der Waals surface area contributed by atoms with Crippen LogP contribution < -0.4 is 5.32 Å². The number of hydrogen-bond acceptors (Lipinski definition) is 3. The van der Waals surface area contributed by atoms with Gasteiger partial charge in [-0.3, -0.25) is 4.79 Å². The van der Waals surface area contributed by atoms with Gasteiger partial charge in [-0.25, -0.2) is 4.98 Å². The fourth-order valence-electron chi connectivity index (χ4n) is 2.42. The van der Waals surface area contributed by atoms with Crippen LogP contribution >= 0.6 is 11.8 Å². The number of rotatable bonds is 4. The first-order valence-corrected chi connectivity index (χ1v) is 7.99. The maximum Gasteiger partial charge on any atom is 0.233 e. The SMILES string of the molecule is C[C@H](Sc1nccn1C)C(=O)NC1CCCCCC1. The van der Waals surface area contributed by atoms with Crippen LogP contribution in [0.4, 0.5) is 0 Å². The van der Waals surface area contributed by atoms with Crippen molar-refractivity contribution in [3.05, 3.63) is 12.4 Å². The Bertz CT molecular complexity index is 411. The molecular weight excluding hydrogens is 258 g/mol. The number of carbonyl (C=O) groups is 1. The van der Waals surface area contributed by atoms with E-state index in [4.69, 9.17) is 0 Å². The van der Waals surface area contributed by atoms with Crippen LogP contribution in [0.3, 0.4) is 0 Å². The van der Waals surface area contributed by atoms with Crippen LogP contribution in [-0.2, 0) is 11.8 Å². The standard InChI is InChI=1S/C14H23N3OS/c1-11(19-14-15-9-10-17(14)2)13(18)16-12-7-5-3-4-6-8-12/h9-12H,3-8H2,1-2H3,(H,16,18)/t11-/m0/s1. The van der Waals surface area contributed by atoms with Gasteiger partial charge in [0, 0.05) is 25.5 Å². The van der Waals surface area contributed by atoms with E-state index in [2.05, 4.69) is 10.3 Å². The third kappa shape index (κ3) is 4.27. The van der Waals surface area contributed by atoms with Crippen LogP contribution in [0.2, 0.25) is 0 Å². The molecule has 106 valence electrons. The number of carbonyl (C=O) groups excluding carboxylic acids is 1. The summed E-state index contributed by atoms with van der Waals surface area (Å²) < 4.78 is 1.94. The lowest BCUT2D eigenvalue weighted by molar-refractivity contribution is -0.121. The number of thioether (sulfide) groups is 1. The summed E-state index contributed by atoms with van der Waals surface area (Å²) in [5, 5.41) is 3.99. The summed E-state index contributed by atoms with van der Waals surface area (Å²) in [7, 11) is 1.95. The molecule has 1 fully saturated rings. The minimum atomic E-state index is -0.0932. The molecule has 1 heterocycles. The zero-order chi connectivity index (χ0) is 13.7. The van der Waals surface area contributed by atoms with Crippen LogP contribution in [0, 0.1) is 0 Å². The van der Waals surface area contributed by atoms with Gasteiger partial charge in [-0.1, -0.05) is 37.4 Å². The molecule has 0 bridgehead atoms. The van der Waals surface area contributed by atoms with Crippen LogP contribution in [0.15, 0.2) is 17.6 Å². The molecule has 0 aliphatic heterocycles. The van der Waals surface area contributed by atoms with E-state index in [-0.39, 0.29) is 11.2 Å². The molecule has 1 aliphatic rings. The van der Waals surface area contributed by atoms with E-state index in [1.165, 1.54) is 37.4 Å². The highest BCUT2D eigenvalue weighted by Crippen LogP contribution is 2.22. The van der Waals surface area contributed by atoms with E-state index in [9.17, 15) is 4.79 Å². The van der Waals surface area contributed by atoms with Crippen LogP contribution in [0.5, 0.6) is 0 Å². The largest absolute Gasteiger partial charge is 0.352 e. The van der Waals surface area contributed by atoms with Gasteiger partial charge in [-0.2, -0.15) is 0 Å². The summed E-state index contributed by atoms with van der Waals surface area (Å²) in [6.45, 7) is 1.95. The molecule has 1 aliphatic carbocycles. The van der Waals surface area contributed by atoms with Crippen molar-refractivity contribution >= 4 is 17.7 Å². The Labute approximate surface area is 119 Å². The highest BCUT2D eigenvalue weighted by Gasteiger charge is 2.20. The number of amides is 1. The van der Waals surface area contributed by atoms with Crippen molar-refractivity contribution in [2.45, 2.75) is 61.9 Å². The Kier molecular flexibility index (Phi) is 5.31. The van der Waals surface area contributed by atoms with Crippen LogP contribution in [0.1, 0.15) is 45.4 Å². The van der Waals surface area contributed by atoms with Gasteiger partial charge in [0.25, 0.3) is 0 Å². The summed E-state index contributed by atoms with van der Waals surface area (Å²) >= 11 is 1.52. The van der Waals surface area contributed by atoms with Gasteiger partial charge in [0.1, 0.15) is 0 Å². The third-order valence-corrected chi connectivity index (χ3v) is 4.80. The van der Waals surface area contributed by atoms with Crippen LogP contribution in [-0.4, -0.2) is 26.8 Å². The van der Waals surface area contributed by atoms with Crippen molar-refractivity contribution in [2.24, 2.45) is 7.05 Å². The molecule has 1 saturated carbocycles. The summed E-state index contributed by atoms with van der Waals surface area (Å²) in [5.41, 5.74) is 0. The first kappa shape index (κ1) is 14.4. The van der Waals surface area contributed by atoms with Crippen molar-refractivity contribution in [3.8, 4) is 0 Å². The topological polar surface area (TPSA) is 46.9 Å². The van der Waals surface area contributed by atoms with Gasteiger partial charge in [0.2, 0.25) is 5.91 Å². The van der Waals surface area contributed by atoms with Crippen molar-refractivity contribution in [2.75, 3.05) is 0 Å². The van der Waals surface area contributed by atoms with E-state index in [1.54, 1.807) is 6.20 Å². The predicted octanol–water partition coefficient (Wildman–Crippen LogP) is 2.74. The molecule has 0 radical (unpaired) electrons. The van der Waals surface area contributed by atoms with Gasteiger partial charge in [-0.15, -0.1) is 0 Å². The summed E-state index contributed by atoms with van der Waals surface area (Å²) in [6.07, 6.45) is 11.0. The average molecular weight is 281 g/mol. The van der Waals surface area contributed by atoms with E-state index in [1.807, 2.05) is 24.7 Å². The number of aromatic nitrogens is 2. The Morgan fingerprint density at radius 3 is 2.68 bits per heavy atom. The molecular formula is C14H23N3OS. The molecule has 1 aromatic rings. The predicted molar refractivity (Wildman–Crippen MR) is 78.2 cm³/mol. The summed E-state index contributed by atoms with van der Waals surface area (Å²) in [4.78, 5) is 16.4. The zero-order valence-corrected chi connectivity index (χ0v) is 12.6. The first-order chi connectivity index (χ1) is 9.16. The highest BCUT2D eigenvalue weighted by atomic mass is 32.2. The smallest absolute Gasteiger partial charge is 0.233 e. The Morgan fingerprint density at radius 2 is 2.11 bits per heavy atom. The van der Waals surface area contributed by atoms with Gasteiger partial charge in [0.05, 0.1) is 5.25 Å². The molecule has 1 N–H and O–H groups in total. The lowest BCUT2D eigenvalue weighted by Gasteiger charge is -2.19. The quantitative estimate of drug-likeness (QED) is 0.682. The van der Waals surface area contributed by atoms with Crippen molar-refractivity contribution in [1.29, 1.82) is 0 Å². The molecule has 1 amide bonds. The number of hydrogen-bond donors (Lipinski definition) is 1. The minimum Gasteiger partial charge on any atom is -0.352 e. The molecule has 1 aromatic heterocycles. The summed E-state index contributed by atoms with van der Waals surface area (Å²) in [6, 6.07) is 0.374. The van der Waals surface area contributed by atoms with Gasteiger partial charge >= 0.3 is 0 Å². The highest BCUT2D eigenvalue weighted by molar-refractivity contribution is 8.00. The van der Waals surface area contributed by atoms with Gasteiger partial charge in [0.15, 0.2) is 5.16 Å². The molecule has 0 aromatic carbocycles. The normalized spacial score (nSPS) is 18.8. The van der Waals surface area contributed by atoms with Crippen molar-refractivity contribution in [1.82, 2.24) is 14.9 Å². The summed E-state index contributed by atoms with van der Waals surface area (Å²) in [5.74, 6) is 0.139. The maximum absolute atomic E-state index is 12.2. The Balaban J connectivity index is 1.83. The Morgan fingerprint density at radius 1 is 1.42 bits per heavy atom. The maximum atomic E-state index is 12.2. The number of aryl methyl sites for hydroxylation is 1. The van der Waals surface area contributed by atoms with Gasteiger partial charge < -0.3 is 9.88 Å². The zero-order valence-electron chi connectivity index (χ0n) is 11.8. The second-order valence-electron chi connectivity index (χ2n) is 5.28. The molecule has 1 atom stereocenters. The number of imidazole rings is 1. The lowest BCUT2D eigenvalue weighted by Crippen LogP contribution is -2.39. The first-order valence-electron chi connectivity index (χ1n) is 7.11. The Hall–Kier alpha value is -0.970. The molecule has 4 nitrogen and oxygen atoms in total. The van der Waals surface area contributed by atoms with Crippen LogP contribution in [0.25, 0.3) is 0 Å². The molecule has 0 spiro atoms. The second kappa shape index (κ2) is 6.98. The molecule has 0 saturated heterocycles. The number of nitrogens with one attached hydrogen (secondary N) is 1.